The first-order chi connectivity index (χ1) is 15.8. The Morgan fingerprint density at radius 2 is 1.65 bits per heavy atom. The third kappa shape index (κ3) is 5.70. The molecule has 0 amide bonds. The van der Waals surface area contributed by atoms with E-state index in [-0.39, 0.29) is 33.8 Å². The molecule has 178 valence electrons. The van der Waals surface area contributed by atoms with Crippen LogP contribution in [0.1, 0.15) is 34.0 Å². The summed E-state index contributed by atoms with van der Waals surface area (Å²) < 4.78 is 68.8. The van der Waals surface area contributed by atoms with Gasteiger partial charge in [-0.3, -0.25) is 9.59 Å². The number of aryl methyl sites for hydroxylation is 1. The summed E-state index contributed by atoms with van der Waals surface area (Å²) in [6, 6.07) is 13.0. The van der Waals surface area contributed by atoms with Crippen LogP contribution in [0.4, 0.5) is 13.2 Å². The van der Waals surface area contributed by atoms with Crippen LogP contribution in [0.3, 0.4) is 0 Å². The lowest BCUT2D eigenvalue weighted by Crippen LogP contribution is -2.14. The Hall–Kier alpha value is -3.50. The number of ketones is 1. The van der Waals surface area contributed by atoms with E-state index in [2.05, 4.69) is 0 Å². The molecule has 3 aromatic carbocycles. The van der Waals surface area contributed by atoms with Gasteiger partial charge in [-0.05, 0) is 47.9 Å². The average molecular weight is 491 g/mol. The van der Waals surface area contributed by atoms with Crippen molar-refractivity contribution in [2.24, 2.45) is 5.14 Å². The molecule has 0 bridgehead atoms. The molecule has 0 aliphatic rings. The van der Waals surface area contributed by atoms with Gasteiger partial charge in [-0.1, -0.05) is 36.4 Å². The van der Waals surface area contributed by atoms with Crippen LogP contribution >= 0.6 is 0 Å². The van der Waals surface area contributed by atoms with Crippen LogP contribution in [-0.2, 0) is 27.4 Å². The highest BCUT2D eigenvalue weighted by Gasteiger charge is 2.34. The molecule has 3 aromatic rings. The van der Waals surface area contributed by atoms with Gasteiger partial charge in [-0.15, -0.1) is 0 Å². The summed E-state index contributed by atoms with van der Waals surface area (Å²) in [5.41, 5.74) is -0.110. The molecule has 0 aliphatic heterocycles. The highest BCUT2D eigenvalue weighted by molar-refractivity contribution is 7.89. The number of alkyl halides is 3. The van der Waals surface area contributed by atoms with Gasteiger partial charge in [0.15, 0.2) is 5.78 Å². The molecule has 0 unspecified atom stereocenters. The first kappa shape index (κ1) is 25.1. The lowest BCUT2D eigenvalue weighted by atomic mass is 9.95. The first-order valence-corrected chi connectivity index (χ1v) is 11.5. The number of hydrogen-bond acceptors (Lipinski definition) is 5. The van der Waals surface area contributed by atoms with E-state index in [1.165, 1.54) is 54.6 Å². The second-order valence-corrected chi connectivity index (χ2v) is 9.12. The summed E-state index contributed by atoms with van der Waals surface area (Å²) >= 11 is 0. The minimum Gasteiger partial charge on any atom is -0.426 e. The number of nitrogens with two attached hydrogens (primary N) is 1. The van der Waals surface area contributed by atoms with Crippen molar-refractivity contribution < 1.29 is 35.9 Å². The van der Waals surface area contributed by atoms with Crippen LogP contribution < -0.4 is 9.88 Å². The summed E-state index contributed by atoms with van der Waals surface area (Å²) in [6.45, 7) is 2.64. The molecule has 0 saturated carbocycles. The number of esters is 1. The number of sulfonamides is 1. The second kappa shape index (κ2) is 9.40. The van der Waals surface area contributed by atoms with Crippen molar-refractivity contribution in [3.63, 3.8) is 0 Å². The number of ether oxygens (including phenoxy) is 1. The first-order valence-electron chi connectivity index (χ1n) is 9.92. The number of benzene rings is 3. The minimum absolute atomic E-state index is 0.00743. The number of carbonyl (C=O) groups excluding carboxylic acids is 2. The second-order valence-electron chi connectivity index (χ2n) is 7.59. The Bertz CT molecular complexity index is 1380. The third-order valence-corrected chi connectivity index (χ3v) is 6.06. The Labute approximate surface area is 194 Å². The van der Waals surface area contributed by atoms with Gasteiger partial charge in [0.1, 0.15) is 5.75 Å². The Morgan fingerprint density at radius 3 is 2.24 bits per heavy atom. The van der Waals surface area contributed by atoms with Crippen molar-refractivity contribution in [3.8, 4) is 16.9 Å². The van der Waals surface area contributed by atoms with Crippen molar-refractivity contribution in [3.05, 3.63) is 82.9 Å². The molecule has 0 aliphatic carbocycles. The van der Waals surface area contributed by atoms with Crippen LogP contribution in [-0.4, -0.2) is 20.2 Å². The Balaban J connectivity index is 2.00. The van der Waals surface area contributed by atoms with Crippen LogP contribution in [0.15, 0.2) is 65.6 Å². The lowest BCUT2D eigenvalue weighted by Gasteiger charge is -2.16. The molecular weight excluding hydrogens is 471 g/mol. The molecule has 0 fully saturated rings. The predicted molar refractivity (Wildman–Crippen MR) is 119 cm³/mol. The molecule has 2 N–H and O–H groups in total. The van der Waals surface area contributed by atoms with E-state index in [1.807, 2.05) is 0 Å². The zero-order valence-electron chi connectivity index (χ0n) is 18.1. The zero-order chi connectivity index (χ0) is 25.3. The number of carbonyl (C=O) groups is 2. The van der Waals surface area contributed by atoms with Gasteiger partial charge < -0.3 is 4.74 Å². The SMILES string of the molecule is CC(=O)Oc1cc(C(=O)Cc2ccc(S(N)(=O)=O)c(C)c2)ccc1-c1ccccc1C(F)(F)F. The molecule has 0 radical (unpaired) electrons. The maximum Gasteiger partial charge on any atom is 0.417 e. The molecule has 3 rings (SSSR count). The maximum absolute atomic E-state index is 13.5. The number of hydrogen-bond donors (Lipinski definition) is 1. The number of primary sulfonamides is 1. The van der Waals surface area contributed by atoms with Crippen molar-refractivity contribution in [2.45, 2.75) is 31.3 Å². The largest absolute Gasteiger partial charge is 0.426 e. The topological polar surface area (TPSA) is 104 Å². The van der Waals surface area contributed by atoms with Gasteiger partial charge in [-0.2, -0.15) is 13.2 Å². The predicted octanol–water partition coefficient (Wildman–Crippen LogP) is 4.68. The highest BCUT2D eigenvalue weighted by Crippen LogP contribution is 2.40. The van der Waals surface area contributed by atoms with Gasteiger partial charge in [0.25, 0.3) is 0 Å². The van der Waals surface area contributed by atoms with Crippen LogP contribution in [0.2, 0.25) is 0 Å². The van der Waals surface area contributed by atoms with Crippen LogP contribution in [0.5, 0.6) is 5.75 Å². The smallest absolute Gasteiger partial charge is 0.417 e. The molecule has 34 heavy (non-hydrogen) atoms. The standard InChI is InChI=1S/C24H20F3NO5S/c1-14-11-16(7-10-23(14)34(28,31)32)12-21(30)17-8-9-19(22(13-17)33-15(2)29)18-5-3-4-6-20(18)24(25,26)27/h3-11,13H,12H2,1-2H3,(H2,28,31,32). The maximum atomic E-state index is 13.5. The monoisotopic (exact) mass is 491 g/mol. The fourth-order valence-electron chi connectivity index (χ4n) is 3.55. The Morgan fingerprint density at radius 1 is 0.971 bits per heavy atom. The molecule has 0 saturated heterocycles. The van der Waals surface area contributed by atoms with Crippen molar-refractivity contribution in [2.75, 3.05) is 0 Å². The van der Waals surface area contributed by atoms with Crippen molar-refractivity contribution in [1.82, 2.24) is 0 Å². The lowest BCUT2D eigenvalue weighted by molar-refractivity contribution is -0.137. The van der Waals surface area contributed by atoms with E-state index in [4.69, 9.17) is 9.88 Å². The van der Waals surface area contributed by atoms with E-state index < -0.39 is 33.5 Å². The van der Waals surface area contributed by atoms with E-state index in [1.54, 1.807) is 6.92 Å². The van der Waals surface area contributed by atoms with Crippen molar-refractivity contribution in [1.29, 1.82) is 0 Å². The number of halogens is 3. The molecular formula is C24H20F3NO5S. The third-order valence-electron chi connectivity index (χ3n) is 4.99. The van der Waals surface area contributed by atoms with Crippen molar-refractivity contribution >= 4 is 21.8 Å². The van der Waals surface area contributed by atoms with Gasteiger partial charge in [0.05, 0.1) is 10.5 Å². The van der Waals surface area contributed by atoms with Gasteiger partial charge >= 0.3 is 12.1 Å². The highest BCUT2D eigenvalue weighted by atomic mass is 32.2. The number of rotatable bonds is 6. The average Bonchev–Trinajstić information content (AvgIpc) is 2.71. The van der Waals surface area contributed by atoms with Gasteiger partial charge in [0, 0.05) is 24.5 Å². The van der Waals surface area contributed by atoms with Gasteiger partial charge in [0.2, 0.25) is 10.0 Å². The van der Waals surface area contributed by atoms with E-state index >= 15 is 0 Å². The summed E-state index contributed by atoms with van der Waals surface area (Å²) in [4.78, 5) is 24.4. The molecule has 0 atom stereocenters. The van der Waals surface area contributed by atoms with E-state index in [0.717, 1.165) is 13.0 Å². The van der Waals surface area contributed by atoms with E-state index in [9.17, 15) is 31.2 Å². The van der Waals surface area contributed by atoms with Crippen LogP contribution in [0.25, 0.3) is 11.1 Å². The fourth-order valence-corrected chi connectivity index (χ4v) is 4.32. The normalized spacial score (nSPS) is 11.8. The molecule has 10 heteroatoms. The molecule has 0 aromatic heterocycles. The zero-order valence-corrected chi connectivity index (χ0v) is 19.0. The molecule has 0 spiro atoms. The molecule has 0 heterocycles. The van der Waals surface area contributed by atoms with E-state index in [0.29, 0.717) is 11.1 Å². The number of Topliss-reactive ketones (excluding diaryl/α,β-unsaturated/α-hetero) is 1. The summed E-state index contributed by atoms with van der Waals surface area (Å²) in [7, 11) is -3.91. The molecule has 6 nitrogen and oxygen atoms in total. The summed E-state index contributed by atoms with van der Waals surface area (Å²) in [6.07, 6.45) is -4.76. The minimum atomic E-state index is -4.64. The fraction of sp³-hybridized carbons (Fsp3) is 0.167. The summed E-state index contributed by atoms with van der Waals surface area (Å²) in [5.74, 6) is -1.35. The Kier molecular flexibility index (Phi) is 6.94. The van der Waals surface area contributed by atoms with Crippen LogP contribution in [0, 0.1) is 6.92 Å². The quantitative estimate of drug-likeness (QED) is 0.306. The van der Waals surface area contributed by atoms with Gasteiger partial charge in [-0.25, -0.2) is 13.6 Å². The summed E-state index contributed by atoms with van der Waals surface area (Å²) in [5, 5.41) is 5.15.